The van der Waals surface area contributed by atoms with Crippen LogP contribution in [0.1, 0.15) is 28.2 Å². The number of methoxy groups -OCH3 is 1. The van der Waals surface area contributed by atoms with Gasteiger partial charge >= 0.3 is 5.97 Å². The predicted octanol–water partition coefficient (Wildman–Crippen LogP) is 3.61. The molecule has 0 atom stereocenters. The lowest BCUT2D eigenvalue weighted by Gasteiger charge is -2.10. The van der Waals surface area contributed by atoms with Crippen molar-refractivity contribution in [3.63, 3.8) is 0 Å². The number of rotatable bonds is 6. The minimum atomic E-state index is -1.05. The Balaban J connectivity index is 1.77. The summed E-state index contributed by atoms with van der Waals surface area (Å²) >= 11 is 0. The number of hydrogen-bond donors (Lipinski definition) is 1. The number of carboxylic acids is 1. The maximum Gasteiger partial charge on any atom is 0.335 e. The van der Waals surface area contributed by atoms with Crippen LogP contribution in [-0.4, -0.2) is 34.3 Å². The molecule has 2 aromatic carbocycles. The zero-order chi connectivity index (χ0) is 21.3. The molecule has 30 heavy (non-hydrogen) atoms. The third kappa shape index (κ3) is 3.45. The van der Waals surface area contributed by atoms with E-state index in [0.717, 1.165) is 11.1 Å². The topological polar surface area (TPSA) is 90.7 Å². The first-order valence-electron chi connectivity index (χ1n) is 9.42. The summed E-state index contributed by atoms with van der Waals surface area (Å²) in [5.74, 6) is 0.717. The van der Waals surface area contributed by atoms with Crippen LogP contribution in [0.5, 0.6) is 11.5 Å². The Hall–Kier alpha value is -3.87. The Morgan fingerprint density at radius 3 is 2.83 bits per heavy atom. The molecular formula is C23H20N2O5. The zero-order valence-corrected chi connectivity index (χ0v) is 16.4. The van der Waals surface area contributed by atoms with E-state index < -0.39 is 5.97 Å². The maximum absolute atomic E-state index is 12.8. The van der Waals surface area contributed by atoms with E-state index in [4.69, 9.17) is 9.47 Å². The van der Waals surface area contributed by atoms with Gasteiger partial charge in [0.15, 0.2) is 11.5 Å². The van der Waals surface area contributed by atoms with Crippen molar-refractivity contribution in [2.75, 3.05) is 13.7 Å². The van der Waals surface area contributed by atoms with Gasteiger partial charge in [-0.1, -0.05) is 18.7 Å². The molecule has 0 unspecified atom stereocenters. The summed E-state index contributed by atoms with van der Waals surface area (Å²) in [6, 6.07) is 9.97. The lowest BCUT2D eigenvalue weighted by molar-refractivity contribution is 0.0697. The molecule has 3 aromatic rings. The molecule has 1 N–H and O–H groups in total. The van der Waals surface area contributed by atoms with Gasteiger partial charge in [-0.05, 0) is 54.0 Å². The highest BCUT2D eigenvalue weighted by molar-refractivity contribution is 5.93. The Bertz CT molecular complexity index is 1260. The number of carbonyl (C=O) groups is 1. The van der Waals surface area contributed by atoms with Gasteiger partial charge in [-0.2, -0.15) is 0 Å². The Morgan fingerprint density at radius 1 is 1.27 bits per heavy atom. The number of benzene rings is 2. The van der Waals surface area contributed by atoms with Crippen LogP contribution in [0.2, 0.25) is 0 Å². The molecule has 0 spiro atoms. The van der Waals surface area contributed by atoms with Gasteiger partial charge in [0.25, 0.3) is 5.56 Å². The first kappa shape index (κ1) is 19.4. The molecular weight excluding hydrogens is 384 g/mol. The van der Waals surface area contributed by atoms with Gasteiger partial charge in [0, 0.05) is 6.54 Å². The lowest BCUT2D eigenvalue weighted by atomic mass is 10.1. The van der Waals surface area contributed by atoms with E-state index in [1.807, 2.05) is 24.3 Å². The van der Waals surface area contributed by atoms with Crippen molar-refractivity contribution in [2.45, 2.75) is 13.0 Å². The third-order valence-electron chi connectivity index (χ3n) is 4.98. The van der Waals surface area contributed by atoms with Crippen molar-refractivity contribution in [2.24, 2.45) is 0 Å². The van der Waals surface area contributed by atoms with Gasteiger partial charge in [-0.3, -0.25) is 9.36 Å². The van der Waals surface area contributed by atoms with E-state index in [1.165, 1.54) is 18.2 Å². The molecule has 4 rings (SSSR count). The molecule has 1 aromatic heterocycles. The van der Waals surface area contributed by atoms with Gasteiger partial charge in [-0.15, -0.1) is 0 Å². The Morgan fingerprint density at radius 2 is 2.10 bits per heavy atom. The molecule has 0 saturated carbocycles. The molecule has 7 nitrogen and oxygen atoms in total. The fraction of sp³-hybridized carbons (Fsp3) is 0.174. The highest BCUT2D eigenvalue weighted by atomic mass is 16.5. The minimum absolute atomic E-state index is 0.0997. The standard InChI is InChI=1S/C23H20N2O5/c1-3-10-30-19-7-4-14(12-20(19)29-2)11-15-8-9-25-21(15)24-18-13-16(23(27)28)5-6-17(18)22(25)26/h3-7,11-13H,1,8-10H2,2H3,(H,27,28). The predicted molar refractivity (Wildman–Crippen MR) is 114 cm³/mol. The summed E-state index contributed by atoms with van der Waals surface area (Å²) < 4.78 is 12.6. The molecule has 0 amide bonds. The zero-order valence-electron chi connectivity index (χ0n) is 16.4. The van der Waals surface area contributed by atoms with Gasteiger partial charge in [0.05, 0.1) is 23.6 Å². The number of carboxylic acid groups (broad SMARTS) is 1. The lowest BCUT2D eigenvalue weighted by Crippen LogP contribution is -2.21. The van der Waals surface area contributed by atoms with Gasteiger partial charge in [-0.25, -0.2) is 9.78 Å². The molecule has 1 aliphatic rings. The first-order chi connectivity index (χ1) is 14.5. The summed E-state index contributed by atoms with van der Waals surface area (Å²) in [5, 5.41) is 9.64. The monoisotopic (exact) mass is 404 g/mol. The third-order valence-corrected chi connectivity index (χ3v) is 4.98. The van der Waals surface area contributed by atoms with Crippen molar-refractivity contribution < 1.29 is 19.4 Å². The molecule has 7 heteroatoms. The van der Waals surface area contributed by atoms with Crippen LogP contribution in [0, 0.1) is 0 Å². The van der Waals surface area contributed by atoms with Crippen LogP contribution in [-0.2, 0) is 6.54 Å². The average molecular weight is 404 g/mol. The fourth-order valence-corrected chi connectivity index (χ4v) is 3.53. The Kier molecular flexibility index (Phi) is 5.10. The van der Waals surface area contributed by atoms with Crippen LogP contribution in [0.15, 0.2) is 53.8 Å². The second kappa shape index (κ2) is 7.87. The van der Waals surface area contributed by atoms with Crippen LogP contribution >= 0.6 is 0 Å². The molecule has 0 fully saturated rings. The van der Waals surface area contributed by atoms with Gasteiger partial charge in [0.1, 0.15) is 12.4 Å². The number of fused-ring (bicyclic) bond motifs is 2. The quantitative estimate of drug-likeness (QED) is 0.631. The van der Waals surface area contributed by atoms with E-state index >= 15 is 0 Å². The highest BCUT2D eigenvalue weighted by Gasteiger charge is 2.21. The van der Waals surface area contributed by atoms with Crippen LogP contribution in [0.3, 0.4) is 0 Å². The maximum atomic E-state index is 12.8. The second-order valence-electron chi connectivity index (χ2n) is 6.86. The number of aromatic nitrogens is 2. The van der Waals surface area contributed by atoms with Crippen molar-refractivity contribution in [1.29, 1.82) is 0 Å². The van der Waals surface area contributed by atoms with Crippen molar-refractivity contribution in [1.82, 2.24) is 9.55 Å². The Labute approximate surface area is 172 Å². The largest absolute Gasteiger partial charge is 0.493 e. The van der Waals surface area contributed by atoms with E-state index in [0.29, 0.717) is 47.8 Å². The van der Waals surface area contributed by atoms with Gasteiger partial charge in [0.2, 0.25) is 0 Å². The number of ether oxygens (including phenoxy) is 2. The summed E-state index contributed by atoms with van der Waals surface area (Å²) in [6.45, 7) is 4.55. The van der Waals surface area contributed by atoms with E-state index in [2.05, 4.69) is 11.6 Å². The summed E-state index contributed by atoms with van der Waals surface area (Å²) in [5.41, 5.74) is 2.10. The molecule has 0 radical (unpaired) electrons. The summed E-state index contributed by atoms with van der Waals surface area (Å²) in [4.78, 5) is 28.7. The molecule has 2 heterocycles. The number of allylic oxidation sites excluding steroid dienone is 1. The molecule has 0 bridgehead atoms. The van der Waals surface area contributed by atoms with E-state index in [-0.39, 0.29) is 11.1 Å². The number of aromatic carboxylic acids is 1. The molecule has 1 aliphatic heterocycles. The normalized spacial score (nSPS) is 14.0. The van der Waals surface area contributed by atoms with Crippen molar-refractivity contribution in [3.8, 4) is 11.5 Å². The fourth-order valence-electron chi connectivity index (χ4n) is 3.53. The molecule has 152 valence electrons. The smallest absolute Gasteiger partial charge is 0.335 e. The van der Waals surface area contributed by atoms with Crippen molar-refractivity contribution >= 4 is 28.5 Å². The average Bonchev–Trinajstić information content (AvgIpc) is 3.15. The number of hydrogen-bond acceptors (Lipinski definition) is 5. The van der Waals surface area contributed by atoms with Crippen LogP contribution in [0.25, 0.3) is 22.6 Å². The highest BCUT2D eigenvalue weighted by Crippen LogP contribution is 2.32. The van der Waals surface area contributed by atoms with E-state index in [1.54, 1.807) is 17.8 Å². The van der Waals surface area contributed by atoms with E-state index in [9.17, 15) is 14.7 Å². The SMILES string of the molecule is C=CCOc1ccc(C=C2CCn3c2nc2cc(C(=O)O)ccc2c3=O)cc1OC. The van der Waals surface area contributed by atoms with Gasteiger partial charge < -0.3 is 14.6 Å². The second-order valence-corrected chi connectivity index (χ2v) is 6.86. The molecule has 0 aliphatic carbocycles. The van der Waals surface area contributed by atoms with Crippen LogP contribution < -0.4 is 15.0 Å². The minimum Gasteiger partial charge on any atom is -0.493 e. The number of nitrogens with zero attached hydrogens (tertiary/aromatic N) is 2. The first-order valence-corrected chi connectivity index (χ1v) is 9.42. The molecule has 0 saturated heterocycles. The summed E-state index contributed by atoms with van der Waals surface area (Å²) in [7, 11) is 1.57. The summed E-state index contributed by atoms with van der Waals surface area (Å²) in [6.07, 6.45) is 4.27. The van der Waals surface area contributed by atoms with Crippen molar-refractivity contribution in [3.05, 3.63) is 76.4 Å². The van der Waals surface area contributed by atoms with Crippen LogP contribution in [0.4, 0.5) is 0 Å².